The Morgan fingerprint density at radius 3 is 2.27 bits per heavy atom. The molecule has 2 aromatic rings. The topological polar surface area (TPSA) is 65.7 Å². The van der Waals surface area contributed by atoms with Crippen LogP contribution in [0.1, 0.15) is 39.0 Å². The van der Waals surface area contributed by atoms with Gasteiger partial charge in [0.1, 0.15) is 17.1 Å². The Kier molecular flexibility index (Phi) is 4.65. The van der Waals surface area contributed by atoms with Crippen LogP contribution in [0.4, 0.5) is 0 Å². The van der Waals surface area contributed by atoms with Crippen molar-refractivity contribution in [1.82, 2.24) is 0 Å². The molecule has 0 atom stereocenters. The molecule has 116 valence electrons. The molecule has 0 saturated heterocycles. The zero-order valence-electron chi connectivity index (χ0n) is 13.1. The van der Waals surface area contributed by atoms with Crippen molar-refractivity contribution in [2.24, 2.45) is 0 Å². The number of hydrogen-bond donors (Lipinski definition) is 0. The Morgan fingerprint density at radius 1 is 1.09 bits per heavy atom. The average Bonchev–Trinajstić information content (AvgIpc) is 2.81. The number of carbonyl (C=O) groups is 2. The summed E-state index contributed by atoms with van der Waals surface area (Å²) in [4.78, 5) is 23.4. The number of benzene rings is 1. The van der Waals surface area contributed by atoms with Crippen LogP contribution < -0.4 is 0 Å². The summed E-state index contributed by atoms with van der Waals surface area (Å²) in [6.07, 6.45) is 0. The van der Waals surface area contributed by atoms with Gasteiger partial charge in [-0.3, -0.25) is 0 Å². The Balaban J connectivity index is 2.39. The summed E-state index contributed by atoms with van der Waals surface area (Å²) >= 11 is 0. The molecular formula is C17H18O5. The molecule has 0 unspecified atom stereocenters. The number of esters is 2. The van der Waals surface area contributed by atoms with Crippen molar-refractivity contribution in [3.8, 4) is 11.3 Å². The number of methoxy groups -OCH3 is 1. The second kappa shape index (κ2) is 6.47. The van der Waals surface area contributed by atoms with Crippen molar-refractivity contribution in [3.63, 3.8) is 0 Å². The zero-order valence-corrected chi connectivity index (χ0v) is 13.1. The third-order valence-corrected chi connectivity index (χ3v) is 3.37. The summed E-state index contributed by atoms with van der Waals surface area (Å²) in [5.74, 6) is 0.324. The van der Waals surface area contributed by atoms with E-state index in [9.17, 15) is 9.59 Å². The molecule has 2 rings (SSSR count). The first-order valence-electron chi connectivity index (χ1n) is 6.95. The van der Waals surface area contributed by atoms with Crippen LogP contribution in [0.2, 0.25) is 0 Å². The molecule has 0 fully saturated rings. The van der Waals surface area contributed by atoms with Gasteiger partial charge in [0, 0.05) is 11.1 Å². The molecule has 0 saturated carbocycles. The average molecular weight is 302 g/mol. The fraction of sp³-hybridized carbons (Fsp3) is 0.294. The molecule has 5 nitrogen and oxygen atoms in total. The first-order chi connectivity index (χ1) is 10.5. The largest absolute Gasteiger partial charge is 0.465 e. The highest BCUT2D eigenvalue weighted by Gasteiger charge is 2.22. The van der Waals surface area contributed by atoms with Crippen LogP contribution >= 0.6 is 0 Å². The predicted molar refractivity (Wildman–Crippen MR) is 80.9 cm³/mol. The molecule has 0 aliphatic carbocycles. The first kappa shape index (κ1) is 15.8. The number of hydrogen-bond acceptors (Lipinski definition) is 5. The second-order valence-electron chi connectivity index (χ2n) is 4.78. The van der Waals surface area contributed by atoms with E-state index in [1.807, 2.05) is 6.92 Å². The van der Waals surface area contributed by atoms with Crippen LogP contribution in [0.15, 0.2) is 28.7 Å². The van der Waals surface area contributed by atoms with Crippen LogP contribution in [-0.2, 0) is 9.47 Å². The van der Waals surface area contributed by atoms with Gasteiger partial charge in [0.25, 0.3) is 0 Å². The Morgan fingerprint density at radius 2 is 1.73 bits per heavy atom. The van der Waals surface area contributed by atoms with E-state index in [4.69, 9.17) is 9.15 Å². The lowest BCUT2D eigenvalue weighted by Crippen LogP contribution is -2.06. The highest BCUT2D eigenvalue weighted by molar-refractivity contribution is 5.94. The van der Waals surface area contributed by atoms with E-state index in [0.29, 0.717) is 29.3 Å². The minimum Gasteiger partial charge on any atom is -0.465 e. The van der Waals surface area contributed by atoms with E-state index >= 15 is 0 Å². The maximum absolute atomic E-state index is 12.0. The smallest absolute Gasteiger partial charge is 0.341 e. The lowest BCUT2D eigenvalue weighted by Gasteiger charge is -2.03. The first-order valence-corrected chi connectivity index (χ1v) is 6.95. The number of carbonyl (C=O) groups excluding carboxylic acids is 2. The maximum atomic E-state index is 12.0. The van der Waals surface area contributed by atoms with E-state index in [-0.39, 0.29) is 0 Å². The van der Waals surface area contributed by atoms with Crippen molar-refractivity contribution < 1.29 is 23.5 Å². The van der Waals surface area contributed by atoms with Crippen molar-refractivity contribution in [3.05, 3.63) is 46.7 Å². The highest BCUT2D eigenvalue weighted by Crippen LogP contribution is 2.31. The maximum Gasteiger partial charge on any atom is 0.341 e. The summed E-state index contributed by atoms with van der Waals surface area (Å²) in [6.45, 7) is 5.61. The Bertz CT molecular complexity index is 695. The van der Waals surface area contributed by atoms with E-state index < -0.39 is 11.9 Å². The Hall–Kier alpha value is -2.56. The SMILES string of the molecule is CCOC(=O)c1c(C)oc(-c2ccc(C(=O)OC)cc2)c1C. The minimum atomic E-state index is -0.397. The normalized spacial score (nSPS) is 10.4. The summed E-state index contributed by atoms with van der Waals surface area (Å²) < 4.78 is 15.4. The summed E-state index contributed by atoms with van der Waals surface area (Å²) in [7, 11) is 1.34. The van der Waals surface area contributed by atoms with Gasteiger partial charge in [-0.2, -0.15) is 0 Å². The van der Waals surface area contributed by atoms with Crippen LogP contribution in [-0.4, -0.2) is 25.7 Å². The third kappa shape index (κ3) is 2.88. The second-order valence-corrected chi connectivity index (χ2v) is 4.78. The standard InChI is InChI=1S/C17H18O5/c1-5-21-17(19)14-10(2)15(22-11(14)3)12-6-8-13(9-7-12)16(18)20-4/h6-9H,5H2,1-4H3. The monoisotopic (exact) mass is 302 g/mol. The van der Waals surface area contributed by atoms with Crippen molar-refractivity contribution in [2.75, 3.05) is 13.7 Å². The van der Waals surface area contributed by atoms with Gasteiger partial charge in [-0.25, -0.2) is 9.59 Å². The molecule has 0 aliphatic heterocycles. The van der Waals surface area contributed by atoms with E-state index in [0.717, 1.165) is 11.1 Å². The number of ether oxygens (including phenoxy) is 2. The molecule has 0 aliphatic rings. The van der Waals surface area contributed by atoms with Gasteiger partial charge in [0.05, 0.1) is 19.3 Å². The van der Waals surface area contributed by atoms with Crippen LogP contribution in [0.5, 0.6) is 0 Å². The van der Waals surface area contributed by atoms with Crippen molar-refractivity contribution >= 4 is 11.9 Å². The predicted octanol–water partition coefficient (Wildman–Crippen LogP) is 3.53. The van der Waals surface area contributed by atoms with Gasteiger partial charge in [0.2, 0.25) is 0 Å². The molecule has 0 radical (unpaired) electrons. The molecule has 1 aromatic heterocycles. The van der Waals surface area contributed by atoms with Crippen LogP contribution in [0.3, 0.4) is 0 Å². The molecule has 1 heterocycles. The molecule has 0 amide bonds. The fourth-order valence-electron chi connectivity index (χ4n) is 2.31. The summed E-state index contributed by atoms with van der Waals surface area (Å²) in [5.41, 5.74) is 2.41. The molecular weight excluding hydrogens is 284 g/mol. The molecule has 1 aromatic carbocycles. The van der Waals surface area contributed by atoms with Crippen LogP contribution in [0.25, 0.3) is 11.3 Å². The summed E-state index contributed by atoms with van der Waals surface area (Å²) in [6, 6.07) is 6.82. The molecule has 0 bridgehead atoms. The molecule has 0 N–H and O–H groups in total. The van der Waals surface area contributed by atoms with E-state index in [2.05, 4.69) is 4.74 Å². The van der Waals surface area contributed by atoms with E-state index in [1.165, 1.54) is 7.11 Å². The third-order valence-electron chi connectivity index (χ3n) is 3.37. The zero-order chi connectivity index (χ0) is 16.3. The van der Waals surface area contributed by atoms with Crippen molar-refractivity contribution in [2.45, 2.75) is 20.8 Å². The van der Waals surface area contributed by atoms with Crippen LogP contribution in [0, 0.1) is 13.8 Å². The van der Waals surface area contributed by atoms with Gasteiger partial charge >= 0.3 is 11.9 Å². The molecule has 22 heavy (non-hydrogen) atoms. The molecule has 5 heteroatoms. The van der Waals surface area contributed by atoms with Gasteiger partial charge in [-0.15, -0.1) is 0 Å². The number of furan rings is 1. The highest BCUT2D eigenvalue weighted by atomic mass is 16.5. The number of aryl methyl sites for hydroxylation is 1. The Labute approximate surface area is 128 Å². The lowest BCUT2D eigenvalue weighted by atomic mass is 10.0. The number of rotatable bonds is 4. The van der Waals surface area contributed by atoms with Gasteiger partial charge in [-0.1, -0.05) is 12.1 Å². The minimum absolute atomic E-state index is 0.312. The molecule has 0 spiro atoms. The van der Waals surface area contributed by atoms with Crippen molar-refractivity contribution in [1.29, 1.82) is 0 Å². The summed E-state index contributed by atoms with van der Waals surface area (Å²) in [5, 5.41) is 0. The lowest BCUT2D eigenvalue weighted by molar-refractivity contribution is 0.0522. The van der Waals surface area contributed by atoms with Gasteiger partial charge < -0.3 is 13.9 Å². The van der Waals surface area contributed by atoms with E-state index in [1.54, 1.807) is 38.1 Å². The van der Waals surface area contributed by atoms with Gasteiger partial charge in [-0.05, 0) is 32.9 Å². The van der Waals surface area contributed by atoms with Gasteiger partial charge in [0.15, 0.2) is 0 Å². The quantitative estimate of drug-likeness (QED) is 0.808. The fourth-order valence-corrected chi connectivity index (χ4v) is 2.31.